The summed E-state index contributed by atoms with van der Waals surface area (Å²) in [5.41, 5.74) is 1.12. The molecule has 0 fully saturated rings. The Labute approximate surface area is 130 Å². The third-order valence-corrected chi connectivity index (χ3v) is 18.2. The van der Waals surface area contributed by atoms with Gasteiger partial charge in [-0.1, -0.05) is 0 Å². The Kier molecular flexibility index (Phi) is 12.6. The van der Waals surface area contributed by atoms with Crippen molar-refractivity contribution < 1.29 is 4.79 Å². The predicted octanol–water partition coefficient (Wildman–Crippen LogP) is 6.08. The van der Waals surface area contributed by atoms with E-state index in [9.17, 15) is 4.79 Å². The van der Waals surface area contributed by atoms with E-state index >= 15 is 0 Å². The molecule has 1 nitrogen and oxygen atoms in total. The molecular formula is C18H34OSn. The summed E-state index contributed by atoms with van der Waals surface area (Å²) >= 11 is -2.12. The van der Waals surface area contributed by atoms with Crippen LogP contribution in [0.5, 0.6) is 0 Å². The van der Waals surface area contributed by atoms with Gasteiger partial charge in [-0.05, 0) is 0 Å². The Balaban J connectivity index is 5.00. The molecule has 0 amide bonds. The number of rotatable bonds is 12. The topological polar surface area (TPSA) is 17.1 Å². The Morgan fingerprint density at radius 3 is 1.70 bits per heavy atom. The molecule has 0 aliphatic heterocycles. The molecule has 0 aromatic heterocycles. The standard InChI is InChI=1S/C6H7O.3C4H9.Sn/c1-3-6(2)4-5-7;3*1-3-4-2;/h1,3-5H,2H3;3*1,3-4H2,2H3;/b3-1?,6-4-;;;;. The summed E-state index contributed by atoms with van der Waals surface area (Å²) in [7, 11) is 0. The summed E-state index contributed by atoms with van der Waals surface area (Å²) in [6, 6.07) is 0. The quantitative estimate of drug-likeness (QED) is 0.172. The zero-order valence-electron chi connectivity index (χ0n) is 14.1. The second kappa shape index (κ2) is 12.7. The molecule has 0 spiro atoms. The maximum absolute atomic E-state index is 10.6. The Hall–Kier alpha value is -0.0513. The Morgan fingerprint density at radius 1 is 0.900 bits per heavy atom. The number of aldehydes is 1. The number of hydrogen-bond acceptors (Lipinski definition) is 1. The van der Waals surface area contributed by atoms with E-state index < -0.39 is 18.4 Å². The van der Waals surface area contributed by atoms with E-state index in [4.69, 9.17) is 0 Å². The molecule has 0 unspecified atom stereocenters. The normalized spacial score (nSPS) is 13.1. The molecular weight excluding hydrogens is 351 g/mol. The molecule has 0 saturated carbocycles. The zero-order valence-corrected chi connectivity index (χ0v) is 16.9. The first-order valence-electron chi connectivity index (χ1n) is 8.45. The third-order valence-electron chi connectivity index (χ3n) is 4.12. The third kappa shape index (κ3) is 8.99. The van der Waals surface area contributed by atoms with E-state index in [1.54, 1.807) is 6.08 Å². The van der Waals surface area contributed by atoms with Gasteiger partial charge < -0.3 is 0 Å². The minimum absolute atomic E-state index is 0.904. The van der Waals surface area contributed by atoms with Gasteiger partial charge in [0.15, 0.2) is 0 Å². The first kappa shape index (κ1) is 19.9. The summed E-state index contributed by atoms with van der Waals surface area (Å²) in [6.45, 7) is 8.95. The van der Waals surface area contributed by atoms with Crippen LogP contribution in [0.1, 0.15) is 66.2 Å². The fourth-order valence-corrected chi connectivity index (χ4v) is 17.1. The number of allylic oxidation sites excluding steroid dienone is 3. The second-order valence-electron chi connectivity index (χ2n) is 6.05. The summed E-state index contributed by atoms with van der Waals surface area (Å²) < 4.78 is 7.10. The molecule has 0 aliphatic rings. The average Bonchev–Trinajstić information content (AvgIpc) is 2.46. The van der Waals surface area contributed by atoms with Crippen molar-refractivity contribution >= 4 is 24.7 Å². The van der Waals surface area contributed by atoms with Crippen LogP contribution in [0.15, 0.2) is 21.8 Å². The predicted molar refractivity (Wildman–Crippen MR) is 93.9 cm³/mol. The van der Waals surface area contributed by atoms with E-state index in [0.29, 0.717) is 0 Å². The van der Waals surface area contributed by atoms with E-state index in [1.807, 2.05) is 6.92 Å². The summed E-state index contributed by atoms with van der Waals surface area (Å²) in [5, 5.41) is 0. The van der Waals surface area contributed by atoms with Crippen LogP contribution in [0.25, 0.3) is 0 Å². The van der Waals surface area contributed by atoms with Gasteiger partial charge in [-0.25, -0.2) is 0 Å². The number of carbonyl (C=O) groups is 1. The molecule has 2 heteroatoms. The molecule has 0 aromatic carbocycles. The molecule has 0 rings (SSSR count). The van der Waals surface area contributed by atoms with Gasteiger partial charge in [0, 0.05) is 0 Å². The zero-order chi connectivity index (χ0) is 15.3. The molecule has 0 N–H and O–H groups in total. The van der Waals surface area contributed by atoms with Crippen molar-refractivity contribution in [2.45, 2.75) is 79.5 Å². The minimum atomic E-state index is -2.12. The van der Waals surface area contributed by atoms with Gasteiger partial charge in [-0.3, -0.25) is 0 Å². The van der Waals surface area contributed by atoms with Crippen molar-refractivity contribution in [3.8, 4) is 0 Å². The number of unbranched alkanes of at least 4 members (excludes halogenated alkanes) is 3. The molecule has 0 aliphatic carbocycles. The van der Waals surface area contributed by atoms with Crippen LogP contribution < -0.4 is 0 Å². The molecule has 116 valence electrons. The summed E-state index contributed by atoms with van der Waals surface area (Å²) in [5.74, 6) is 0. The van der Waals surface area contributed by atoms with Crippen LogP contribution in [-0.2, 0) is 4.79 Å². The van der Waals surface area contributed by atoms with Crippen LogP contribution in [0.3, 0.4) is 0 Å². The number of carbonyl (C=O) groups excluding carboxylic acids is 1. The molecule has 0 radical (unpaired) electrons. The first-order chi connectivity index (χ1) is 9.64. The fourth-order valence-electron chi connectivity index (χ4n) is 2.68. The van der Waals surface area contributed by atoms with E-state index in [1.165, 1.54) is 51.8 Å². The van der Waals surface area contributed by atoms with Crippen LogP contribution >= 0.6 is 0 Å². The molecule has 20 heavy (non-hydrogen) atoms. The Bertz CT molecular complexity index is 283. The van der Waals surface area contributed by atoms with Gasteiger partial charge in [0.2, 0.25) is 0 Å². The van der Waals surface area contributed by atoms with Gasteiger partial charge in [-0.15, -0.1) is 0 Å². The van der Waals surface area contributed by atoms with Crippen molar-refractivity contribution in [3.63, 3.8) is 0 Å². The average molecular weight is 385 g/mol. The van der Waals surface area contributed by atoms with E-state index in [0.717, 1.165) is 11.9 Å². The van der Waals surface area contributed by atoms with Gasteiger partial charge in [0.25, 0.3) is 0 Å². The summed E-state index contributed by atoms with van der Waals surface area (Å²) in [4.78, 5) is 10.6. The maximum atomic E-state index is 10.6. The number of hydrogen-bond donors (Lipinski definition) is 0. The Morgan fingerprint density at radius 2 is 1.35 bits per heavy atom. The van der Waals surface area contributed by atoms with Crippen molar-refractivity contribution in [1.29, 1.82) is 0 Å². The van der Waals surface area contributed by atoms with Gasteiger partial charge >= 0.3 is 131 Å². The van der Waals surface area contributed by atoms with Gasteiger partial charge in [0.05, 0.1) is 0 Å². The van der Waals surface area contributed by atoms with Crippen molar-refractivity contribution in [2.75, 3.05) is 0 Å². The van der Waals surface area contributed by atoms with E-state index in [2.05, 4.69) is 30.9 Å². The molecule has 0 saturated heterocycles. The van der Waals surface area contributed by atoms with Crippen molar-refractivity contribution in [2.24, 2.45) is 0 Å². The first-order valence-corrected chi connectivity index (χ1v) is 16.2. The van der Waals surface area contributed by atoms with Crippen LogP contribution in [-0.4, -0.2) is 24.7 Å². The van der Waals surface area contributed by atoms with Crippen molar-refractivity contribution in [3.05, 3.63) is 21.8 Å². The summed E-state index contributed by atoms with van der Waals surface area (Å²) in [6.07, 6.45) is 13.0. The molecule has 0 heterocycles. The molecule has 0 bridgehead atoms. The monoisotopic (exact) mass is 386 g/mol. The molecule has 0 aromatic rings. The van der Waals surface area contributed by atoms with Crippen LogP contribution in [0, 0.1) is 0 Å². The fraction of sp³-hybridized carbons (Fsp3) is 0.722. The van der Waals surface area contributed by atoms with Crippen LogP contribution in [0.2, 0.25) is 13.3 Å². The van der Waals surface area contributed by atoms with Crippen molar-refractivity contribution in [1.82, 2.24) is 0 Å². The van der Waals surface area contributed by atoms with Gasteiger partial charge in [0.1, 0.15) is 0 Å². The SMILES string of the molecule is CCC[CH2][Sn](/[CH]=C/C(C)=C\C=O)([CH2]CCC)[CH2]CCC. The van der Waals surface area contributed by atoms with Gasteiger partial charge in [-0.2, -0.15) is 0 Å². The molecule has 0 atom stereocenters. The van der Waals surface area contributed by atoms with Crippen LogP contribution in [0.4, 0.5) is 0 Å². The second-order valence-corrected chi connectivity index (χ2v) is 19.1. The van der Waals surface area contributed by atoms with E-state index in [-0.39, 0.29) is 0 Å².